The van der Waals surface area contributed by atoms with Gasteiger partial charge < -0.3 is 4.74 Å². The summed E-state index contributed by atoms with van der Waals surface area (Å²) in [6.45, 7) is 4.04. The van der Waals surface area contributed by atoms with Crippen molar-refractivity contribution in [3.8, 4) is 22.8 Å². The Balaban J connectivity index is 1.07. The number of thioether (sulfide) groups is 1. The summed E-state index contributed by atoms with van der Waals surface area (Å²) >= 11 is 13.4. The minimum atomic E-state index is -4.75. The minimum absolute atomic E-state index is 0.201. The second-order valence-corrected chi connectivity index (χ2v) is 11.8. The zero-order valence-electron chi connectivity index (χ0n) is 23.2. The van der Waals surface area contributed by atoms with Crippen molar-refractivity contribution in [1.29, 1.82) is 0 Å². The number of halogens is 4. The molecule has 8 nitrogen and oxygen atoms in total. The molecule has 0 amide bonds. The summed E-state index contributed by atoms with van der Waals surface area (Å²) in [4.78, 5) is 16.9. The molecule has 3 heterocycles. The van der Waals surface area contributed by atoms with E-state index in [1.807, 2.05) is 49.4 Å². The van der Waals surface area contributed by atoms with Gasteiger partial charge in [0.15, 0.2) is 11.0 Å². The molecule has 3 aromatic carbocycles. The number of aliphatic imine (C=N–C) groups is 1. The standard InChI is InChI=1S/C30H24ClF3N6O2S2/c1-17-13-23-15-44-29(40(23)26-14-21(31)7-12-25(17)26)36-28(43)38-42-18(2)19-3-5-20(6-4-19)27-35-16-39(37-27)22-8-10-24(11-9-22)41-30(32,33)34/h3-14,16-18H,15H2,1-2H3,(H,38,43)/b36-29-. The van der Waals surface area contributed by atoms with Crippen LogP contribution in [-0.2, 0) is 4.84 Å². The molecule has 1 fully saturated rings. The van der Waals surface area contributed by atoms with Crippen molar-refractivity contribution in [2.75, 3.05) is 10.7 Å². The van der Waals surface area contributed by atoms with Gasteiger partial charge in [-0.25, -0.2) is 15.1 Å². The first-order valence-electron chi connectivity index (χ1n) is 13.4. The normalized spacial score (nSPS) is 17.6. The second-order valence-electron chi connectivity index (χ2n) is 10.0. The summed E-state index contributed by atoms with van der Waals surface area (Å²) in [5.41, 5.74) is 8.30. The third-order valence-corrected chi connectivity index (χ3v) is 8.36. The molecule has 1 N–H and O–H groups in total. The Morgan fingerprint density at radius 2 is 1.89 bits per heavy atom. The van der Waals surface area contributed by atoms with Gasteiger partial charge in [0.25, 0.3) is 0 Å². The highest BCUT2D eigenvalue weighted by atomic mass is 35.5. The first-order chi connectivity index (χ1) is 21.0. The van der Waals surface area contributed by atoms with Gasteiger partial charge in [0.2, 0.25) is 5.11 Å². The number of rotatable bonds is 6. The number of nitrogens with one attached hydrogen (secondary N) is 1. The third kappa shape index (κ3) is 6.60. The molecular formula is C30H24ClF3N6O2S2. The number of alkyl halides is 3. The molecule has 0 spiro atoms. The van der Waals surface area contributed by atoms with Gasteiger partial charge in [-0.15, -0.1) is 18.3 Å². The fourth-order valence-corrected chi connectivity index (χ4v) is 6.23. The number of allylic oxidation sites excluding steroid dienone is 1. The highest BCUT2D eigenvalue weighted by molar-refractivity contribution is 8.14. The lowest BCUT2D eigenvalue weighted by molar-refractivity contribution is -0.274. The van der Waals surface area contributed by atoms with Crippen molar-refractivity contribution < 1.29 is 22.7 Å². The summed E-state index contributed by atoms with van der Waals surface area (Å²) in [5, 5.41) is 6.05. The number of nitrogens with zero attached hydrogens (tertiary/aromatic N) is 5. The molecule has 14 heteroatoms. The van der Waals surface area contributed by atoms with Gasteiger partial charge in [-0.2, -0.15) is 4.99 Å². The van der Waals surface area contributed by atoms with Gasteiger partial charge in [0.05, 0.1) is 11.4 Å². The molecule has 6 rings (SSSR count). The van der Waals surface area contributed by atoms with Gasteiger partial charge in [0, 0.05) is 28.0 Å². The van der Waals surface area contributed by atoms with Crippen LogP contribution >= 0.6 is 35.6 Å². The van der Waals surface area contributed by atoms with Gasteiger partial charge >= 0.3 is 6.36 Å². The number of hydrogen-bond acceptors (Lipinski definition) is 6. The molecule has 2 aliphatic rings. The van der Waals surface area contributed by atoms with Crippen LogP contribution in [0.5, 0.6) is 5.75 Å². The first kappa shape index (κ1) is 30.1. The van der Waals surface area contributed by atoms with E-state index in [1.165, 1.54) is 40.8 Å². The largest absolute Gasteiger partial charge is 0.573 e. The average Bonchev–Trinajstić information content (AvgIpc) is 3.63. The van der Waals surface area contributed by atoms with Crippen LogP contribution in [0.15, 0.2) is 89.8 Å². The molecule has 2 aliphatic heterocycles. The molecule has 0 bridgehead atoms. The maximum Gasteiger partial charge on any atom is 0.573 e. The lowest BCUT2D eigenvalue weighted by Crippen LogP contribution is -2.29. The van der Waals surface area contributed by atoms with Crippen LogP contribution in [0.1, 0.15) is 37.0 Å². The molecule has 44 heavy (non-hydrogen) atoms. The Labute approximate surface area is 265 Å². The number of anilines is 1. The quantitative estimate of drug-likeness (QED) is 0.166. The molecule has 1 aromatic heterocycles. The summed E-state index contributed by atoms with van der Waals surface area (Å²) in [7, 11) is 0. The summed E-state index contributed by atoms with van der Waals surface area (Å²) in [6.07, 6.45) is -1.38. The van der Waals surface area contributed by atoms with Crippen LogP contribution in [0.25, 0.3) is 17.1 Å². The number of hydrogen-bond donors (Lipinski definition) is 1. The van der Waals surface area contributed by atoms with Crippen LogP contribution < -0.4 is 15.1 Å². The highest BCUT2D eigenvalue weighted by Gasteiger charge is 2.33. The molecule has 0 radical (unpaired) electrons. The number of benzene rings is 3. The van der Waals surface area contributed by atoms with Crippen LogP contribution in [0.2, 0.25) is 5.02 Å². The minimum Gasteiger partial charge on any atom is -0.406 e. The van der Waals surface area contributed by atoms with Crippen molar-refractivity contribution in [2.45, 2.75) is 32.2 Å². The van der Waals surface area contributed by atoms with Gasteiger partial charge in [-0.05, 0) is 66.7 Å². The van der Waals surface area contributed by atoms with Crippen molar-refractivity contribution >= 4 is 51.5 Å². The number of aromatic nitrogens is 3. The Kier molecular flexibility index (Phi) is 8.38. The van der Waals surface area contributed by atoms with E-state index in [9.17, 15) is 13.2 Å². The number of ether oxygens (including phenoxy) is 1. The smallest absolute Gasteiger partial charge is 0.406 e. The zero-order chi connectivity index (χ0) is 31.0. The van der Waals surface area contributed by atoms with E-state index >= 15 is 0 Å². The van der Waals surface area contributed by atoms with E-state index in [2.05, 4.69) is 43.2 Å². The lowest BCUT2D eigenvalue weighted by atomic mass is 9.94. The fraction of sp³-hybridized carbons (Fsp3) is 0.200. The van der Waals surface area contributed by atoms with Crippen LogP contribution in [0.3, 0.4) is 0 Å². The molecule has 226 valence electrons. The van der Waals surface area contributed by atoms with Crippen molar-refractivity contribution in [3.63, 3.8) is 0 Å². The molecule has 2 atom stereocenters. The molecule has 0 aliphatic carbocycles. The van der Waals surface area contributed by atoms with E-state index in [1.54, 1.807) is 11.8 Å². The summed E-state index contributed by atoms with van der Waals surface area (Å²) in [5.74, 6) is 1.21. The number of amidine groups is 1. The zero-order valence-corrected chi connectivity index (χ0v) is 25.6. The Morgan fingerprint density at radius 1 is 1.14 bits per heavy atom. The summed E-state index contributed by atoms with van der Waals surface area (Å²) < 4.78 is 42.6. The van der Waals surface area contributed by atoms with E-state index in [0.717, 1.165) is 33.4 Å². The molecule has 1 saturated heterocycles. The van der Waals surface area contributed by atoms with Crippen LogP contribution in [-0.4, -0.2) is 37.2 Å². The van der Waals surface area contributed by atoms with Crippen molar-refractivity contribution in [3.05, 3.63) is 101 Å². The highest BCUT2D eigenvalue weighted by Crippen LogP contribution is 2.43. The molecule has 2 unspecified atom stereocenters. The lowest BCUT2D eigenvalue weighted by Gasteiger charge is -2.30. The van der Waals surface area contributed by atoms with E-state index < -0.39 is 6.36 Å². The predicted molar refractivity (Wildman–Crippen MR) is 169 cm³/mol. The fourth-order valence-electron chi connectivity index (χ4n) is 4.87. The van der Waals surface area contributed by atoms with Gasteiger partial charge in [0.1, 0.15) is 18.2 Å². The Hall–Kier alpha value is -3.91. The number of thiocarbonyl (C=S) groups is 1. The average molecular weight is 657 g/mol. The van der Waals surface area contributed by atoms with E-state index in [0.29, 0.717) is 16.5 Å². The molecule has 4 aromatic rings. The SMILES string of the molecule is CC1C=C2CS/C(=N\C(=S)NOC(C)c3ccc(-c4ncn(-c5ccc(OC(F)(F)F)cc5)n4)cc3)N2c2cc(Cl)ccc21. The van der Waals surface area contributed by atoms with Crippen LogP contribution in [0.4, 0.5) is 18.9 Å². The van der Waals surface area contributed by atoms with E-state index in [4.69, 9.17) is 28.7 Å². The van der Waals surface area contributed by atoms with Crippen molar-refractivity contribution in [1.82, 2.24) is 20.2 Å². The predicted octanol–water partition coefficient (Wildman–Crippen LogP) is 7.96. The van der Waals surface area contributed by atoms with E-state index in [-0.39, 0.29) is 22.9 Å². The monoisotopic (exact) mass is 656 g/mol. The van der Waals surface area contributed by atoms with Gasteiger partial charge in [-0.3, -0.25) is 9.74 Å². The molecular weight excluding hydrogens is 633 g/mol. The van der Waals surface area contributed by atoms with Crippen LogP contribution in [0, 0.1) is 0 Å². The third-order valence-electron chi connectivity index (χ3n) is 6.98. The van der Waals surface area contributed by atoms with Gasteiger partial charge in [-0.1, -0.05) is 66.7 Å². The Morgan fingerprint density at radius 3 is 2.61 bits per heavy atom. The number of fused-ring (bicyclic) bond motifs is 3. The first-order valence-corrected chi connectivity index (χ1v) is 15.2. The maximum absolute atomic E-state index is 12.4. The molecule has 0 saturated carbocycles. The number of hydroxylamine groups is 1. The maximum atomic E-state index is 12.4. The topological polar surface area (TPSA) is 76.8 Å². The van der Waals surface area contributed by atoms with Crippen molar-refractivity contribution in [2.24, 2.45) is 4.99 Å². The Bertz CT molecular complexity index is 1760. The second kappa shape index (κ2) is 12.2. The summed E-state index contributed by atoms with van der Waals surface area (Å²) in [6, 6.07) is 18.8.